The number of methoxy groups -OCH3 is 1. The Labute approximate surface area is 103 Å². The third-order valence-corrected chi connectivity index (χ3v) is 3.42. The zero-order valence-corrected chi connectivity index (χ0v) is 10.3. The minimum Gasteiger partial charge on any atom is -0.380 e. The third-order valence-electron chi connectivity index (χ3n) is 3.42. The first-order chi connectivity index (χ1) is 8.29. The first-order valence-electron chi connectivity index (χ1n) is 6.23. The van der Waals surface area contributed by atoms with Crippen molar-refractivity contribution >= 4 is 0 Å². The van der Waals surface area contributed by atoms with Crippen molar-refractivity contribution in [3.05, 3.63) is 35.9 Å². The van der Waals surface area contributed by atoms with Crippen LogP contribution in [0.5, 0.6) is 0 Å². The summed E-state index contributed by atoms with van der Waals surface area (Å²) in [5, 5.41) is 0. The molecule has 2 rings (SSSR count). The molecule has 1 aliphatic rings. The van der Waals surface area contributed by atoms with E-state index in [-0.39, 0.29) is 18.2 Å². The Morgan fingerprint density at radius 3 is 2.65 bits per heavy atom. The molecule has 1 saturated carbocycles. The van der Waals surface area contributed by atoms with E-state index in [9.17, 15) is 0 Å². The molecule has 1 aromatic rings. The Morgan fingerprint density at radius 2 is 2.00 bits per heavy atom. The van der Waals surface area contributed by atoms with E-state index in [1.807, 2.05) is 18.2 Å². The maximum Gasteiger partial charge on any atom is 0.0724 e. The van der Waals surface area contributed by atoms with Gasteiger partial charge < -0.3 is 15.2 Å². The molecule has 3 atom stereocenters. The minimum atomic E-state index is 0.106. The molecule has 0 saturated heterocycles. The number of hydrogen-bond acceptors (Lipinski definition) is 3. The molecular formula is C14H21NO2. The van der Waals surface area contributed by atoms with Crippen LogP contribution >= 0.6 is 0 Å². The van der Waals surface area contributed by atoms with Gasteiger partial charge in [-0.1, -0.05) is 30.3 Å². The van der Waals surface area contributed by atoms with Crippen LogP contribution in [0.1, 0.15) is 24.8 Å². The predicted molar refractivity (Wildman–Crippen MR) is 67.6 cm³/mol. The summed E-state index contributed by atoms with van der Waals surface area (Å²) in [5.41, 5.74) is 7.26. The molecule has 17 heavy (non-hydrogen) atoms. The Morgan fingerprint density at radius 1 is 1.24 bits per heavy atom. The fourth-order valence-electron chi connectivity index (χ4n) is 2.37. The lowest BCUT2D eigenvalue weighted by atomic mass is 9.91. The van der Waals surface area contributed by atoms with E-state index in [0.717, 1.165) is 19.3 Å². The van der Waals surface area contributed by atoms with E-state index in [0.29, 0.717) is 6.61 Å². The molecule has 0 bridgehead atoms. The van der Waals surface area contributed by atoms with Crippen molar-refractivity contribution in [2.24, 2.45) is 5.73 Å². The second-order valence-corrected chi connectivity index (χ2v) is 4.67. The van der Waals surface area contributed by atoms with Crippen molar-refractivity contribution in [1.82, 2.24) is 0 Å². The second kappa shape index (κ2) is 6.15. The van der Waals surface area contributed by atoms with Crippen LogP contribution in [0.25, 0.3) is 0 Å². The van der Waals surface area contributed by atoms with E-state index < -0.39 is 0 Å². The molecule has 1 aromatic carbocycles. The first kappa shape index (κ1) is 12.6. The molecule has 1 fully saturated rings. The molecule has 3 heteroatoms. The van der Waals surface area contributed by atoms with Gasteiger partial charge in [-0.05, 0) is 24.8 Å². The molecule has 0 spiro atoms. The predicted octanol–water partition coefficient (Wildman–Crippen LogP) is 2.10. The van der Waals surface area contributed by atoms with Crippen molar-refractivity contribution in [2.75, 3.05) is 7.11 Å². The van der Waals surface area contributed by atoms with Gasteiger partial charge in [0.05, 0.1) is 18.8 Å². The normalized spacial score (nSPS) is 29.2. The smallest absolute Gasteiger partial charge is 0.0724 e. The van der Waals surface area contributed by atoms with Crippen molar-refractivity contribution in [2.45, 2.75) is 44.1 Å². The lowest BCUT2D eigenvalue weighted by Crippen LogP contribution is -2.44. The van der Waals surface area contributed by atoms with E-state index >= 15 is 0 Å². The lowest BCUT2D eigenvalue weighted by molar-refractivity contribution is -0.0334. The van der Waals surface area contributed by atoms with Gasteiger partial charge in [0.15, 0.2) is 0 Å². The van der Waals surface area contributed by atoms with Crippen LogP contribution in [0, 0.1) is 0 Å². The second-order valence-electron chi connectivity index (χ2n) is 4.67. The summed E-state index contributed by atoms with van der Waals surface area (Å²) in [5.74, 6) is 0. The van der Waals surface area contributed by atoms with Crippen molar-refractivity contribution in [3.63, 3.8) is 0 Å². The van der Waals surface area contributed by atoms with Crippen LogP contribution in [0.3, 0.4) is 0 Å². The van der Waals surface area contributed by atoms with Gasteiger partial charge in [-0.25, -0.2) is 0 Å². The average molecular weight is 235 g/mol. The van der Waals surface area contributed by atoms with Gasteiger partial charge in [0, 0.05) is 13.2 Å². The van der Waals surface area contributed by atoms with Crippen LogP contribution in [0.2, 0.25) is 0 Å². The highest BCUT2D eigenvalue weighted by molar-refractivity contribution is 5.13. The molecule has 0 aromatic heterocycles. The number of rotatable bonds is 4. The highest BCUT2D eigenvalue weighted by atomic mass is 16.5. The summed E-state index contributed by atoms with van der Waals surface area (Å²) >= 11 is 0. The fourth-order valence-corrected chi connectivity index (χ4v) is 2.37. The maximum absolute atomic E-state index is 6.04. The molecule has 2 N–H and O–H groups in total. The molecule has 3 unspecified atom stereocenters. The van der Waals surface area contributed by atoms with Crippen LogP contribution < -0.4 is 5.73 Å². The molecule has 3 nitrogen and oxygen atoms in total. The molecular weight excluding hydrogens is 214 g/mol. The molecule has 94 valence electrons. The Balaban J connectivity index is 1.78. The van der Waals surface area contributed by atoms with Gasteiger partial charge in [0.2, 0.25) is 0 Å². The molecule has 1 aliphatic carbocycles. The monoisotopic (exact) mass is 235 g/mol. The van der Waals surface area contributed by atoms with Gasteiger partial charge in [0.25, 0.3) is 0 Å². The van der Waals surface area contributed by atoms with Gasteiger partial charge in [0.1, 0.15) is 0 Å². The van der Waals surface area contributed by atoms with Crippen LogP contribution in [-0.4, -0.2) is 25.4 Å². The van der Waals surface area contributed by atoms with E-state index in [4.69, 9.17) is 15.2 Å². The van der Waals surface area contributed by atoms with Gasteiger partial charge in [-0.3, -0.25) is 0 Å². The van der Waals surface area contributed by atoms with Crippen LogP contribution in [0.4, 0.5) is 0 Å². The number of nitrogens with two attached hydrogens (primary N) is 1. The Hall–Kier alpha value is -0.900. The quantitative estimate of drug-likeness (QED) is 0.869. The average Bonchev–Trinajstić information content (AvgIpc) is 2.38. The number of ether oxygens (including phenoxy) is 2. The maximum atomic E-state index is 6.04. The zero-order valence-electron chi connectivity index (χ0n) is 10.3. The third kappa shape index (κ3) is 3.53. The summed E-state index contributed by atoms with van der Waals surface area (Å²) in [6, 6.07) is 10.4. The van der Waals surface area contributed by atoms with Crippen molar-refractivity contribution in [1.29, 1.82) is 0 Å². The zero-order chi connectivity index (χ0) is 12.1. The highest BCUT2D eigenvalue weighted by Crippen LogP contribution is 2.23. The Bertz CT molecular complexity index is 328. The Kier molecular flexibility index (Phi) is 4.54. The molecule has 0 aliphatic heterocycles. The molecule has 0 heterocycles. The fraction of sp³-hybridized carbons (Fsp3) is 0.571. The largest absolute Gasteiger partial charge is 0.380 e. The molecule has 0 amide bonds. The van der Waals surface area contributed by atoms with Crippen LogP contribution in [-0.2, 0) is 16.1 Å². The van der Waals surface area contributed by atoms with E-state index in [2.05, 4.69) is 12.1 Å². The van der Waals surface area contributed by atoms with Gasteiger partial charge in [-0.15, -0.1) is 0 Å². The van der Waals surface area contributed by atoms with E-state index in [1.54, 1.807) is 7.11 Å². The minimum absolute atomic E-state index is 0.106. The van der Waals surface area contributed by atoms with Crippen molar-refractivity contribution in [3.8, 4) is 0 Å². The van der Waals surface area contributed by atoms with Crippen LogP contribution in [0.15, 0.2) is 30.3 Å². The summed E-state index contributed by atoms with van der Waals surface area (Å²) in [6.45, 7) is 0.676. The first-order valence-corrected chi connectivity index (χ1v) is 6.23. The lowest BCUT2D eigenvalue weighted by Gasteiger charge is -2.32. The van der Waals surface area contributed by atoms with Gasteiger partial charge >= 0.3 is 0 Å². The summed E-state index contributed by atoms with van der Waals surface area (Å²) < 4.78 is 11.2. The SMILES string of the molecule is COC1CCC(OCc2ccccc2)CC1N. The van der Waals surface area contributed by atoms with Crippen molar-refractivity contribution < 1.29 is 9.47 Å². The van der Waals surface area contributed by atoms with E-state index in [1.165, 1.54) is 5.56 Å². The topological polar surface area (TPSA) is 44.5 Å². The van der Waals surface area contributed by atoms with Gasteiger partial charge in [-0.2, -0.15) is 0 Å². The summed E-state index contributed by atoms with van der Waals surface area (Å²) in [6.07, 6.45) is 3.41. The molecule has 0 radical (unpaired) electrons. The standard InChI is InChI=1S/C14H21NO2/c1-16-14-8-7-12(9-13(14)15)17-10-11-5-3-2-4-6-11/h2-6,12-14H,7-10,15H2,1H3. The summed E-state index contributed by atoms with van der Waals surface area (Å²) in [4.78, 5) is 0. The summed E-state index contributed by atoms with van der Waals surface area (Å²) in [7, 11) is 1.73. The number of hydrogen-bond donors (Lipinski definition) is 1. The highest BCUT2D eigenvalue weighted by Gasteiger charge is 2.28. The number of benzene rings is 1.